The molecule has 0 aliphatic carbocycles. The van der Waals surface area contributed by atoms with Crippen LogP contribution in [0, 0.1) is 5.92 Å². The number of nitrogens with two attached hydrogens (primary N) is 1. The monoisotopic (exact) mass is 317 g/mol. The van der Waals surface area contributed by atoms with Crippen molar-refractivity contribution >= 4 is 41.9 Å². The Hall–Kier alpha value is -0.970. The molecule has 1 aromatic heterocycles. The molecule has 1 unspecified atom stereocenters. The molecule has 0 amide bonds. The molecule has 2 aromatic rings. The lowest BCUT2D eigenvalue weighted by Gasteiger charge is -2.31. The number of oxazole rings is 1. The third kappa shape index (κ3) is 3.57. The predicted molar refractivity (Wildman–Crippen MR) is 87.1 cm³/mol. The van der Waals surface area contributed by atoms with Gasteiger partial charge in [-0.25, -0.2) is 0 Å². The molecule has 2 N–H and O–H groups in total. The summed E-state index contributed by atoms with van der Waals surface area (Å²) >= 11 is 0. The van der Waals surface area contributed by atoms with Crippen molar-refractivity contribution in [2.75, 3.05) is 24.5 Å². The standard InChI is InChI=1S/C14H19N3O.2ClH/c15-8-7-11-4-3-9-17(10-11)14-16-12-5-1-2-6-13(12)18-14;;/h1-2,5-6,11H,3-4,7-10,15H2;2*1H. The number of piperidine rings is 1. The summed E-state index contributed by atoms with van der Waals surface area (Å²) in [4.78, 5) is 6.81. The van der Waals surface area contributed by atoms with E-state index in [9.17, 15) is 0 Å². The minimum atomic E-state index is 0. The van der Waals surface area contributed by atoms with Crippen LogP contribution in [-0.4, -0.2) is 24.6 Å². The molecule has 1 fully saturated rings. The van der Waals surface area contributed by atoms with Crippen molar-refractivity contribution in [2.45, 2.75) is 19.3 Å². The highest BCUT2D eigenvalue weighted by molar-refractivity contribution is 5.85. The number of para-hydroxylation sites is 2. The lowest BCUT2D eigenvalue weighted by Crippen LogP contribution is -2.36. The third-order valence-electron chi connectivity index (χ3n) is 3.65. The highest BCUT2D eigenvalue weighted by atomic mass is 35.5. The lowest BCUT2D eigenvalue weighted by molar-refractivity contribution is 0.380. The normalized spacial score (nSPS) is 18.4. The zero-order valence-electron chi connectivity index (χ0n) is 11.3. The van der Waals surface area contributed by atoms with Gasteiger partial charge in [-0.2, -0.15) is 4.98 Å². The van der Waals surface area contributed by atoms with E-state index in [-0.39, 0.29) is 24.8 Å². The number of hydrogen-bond acceptors (Lipinski definition) is 4. The van der Waals surface area contributed by atoms with E-state index < -0.39 is 0 Å². The number of halogens is 2. The van der Waals surface area contributed by atoms with Crippen LogP contribution in [0.15, 0.2) is 28.7 Å². The van der Waals surface area contributed by atoms with Gasteiger partial charge in [0.05, 0.1) is 0 Å². The number of aromatic nitrogens is 1. The van der Waals surface area contributed by atoms with Crippen LogP contribution >= 0.6 is 24.8 Å². The van der Waals surface area contributed by atoms with Crippen LogP contribution in [0.5, 0.6) is 0 Å². The zero-order valence-corrected chi connectivity index (χ0v) is 13.0. The molecule has 1 saturated heterocycles. The van der Waals surface area contributed by atoms with Crippen LogP contribution in [0.2, 0.25) is 0 Å². The molecule has 0 radical (unpaired) electrons. The Labute approximate surface area is 131 Å². The average molecular weight is 318 g/mol. The largest absolute Gasteiger partial charge is 0.423 e. The second-order valence-electron chi connectivity index (χ2n) is 5.00. The van der Waals surface area contributed by atoms with Gasteiger partial charge in [-0.3, -0.25) is 0 Å². The van der Waals surface area contributed by atoms with Gasteiger partial charge in [-0.1, -0.05) is 12.1 Å². The van der Waals surface area contributed by atoms with Gasteiger partial charge in [-0.05, 0) is 43.9 Å². The molecule has 2 heterocycles. The summed E-state index contributed by atoms with van der Waals surface area (Å²) in [6.45, 7) is 2.82. The first-order chi connectivity index (χ1) is 8.86. The molecular formula is C14H21Cl2N3O. The Balaban J connectivity index is 0.000001000. The van der Waals surface area contributed by atoms with Crippen LogP contribution in [0.3, 0.4) is 0 Å². The molecular weight excluding hydrogens is 297 g/mol. The summed E-state index contributed by atoms with van der Waals surface area (Å²) < 4.78 is 5.82. The van der Waals surface area contributed by atoms with Crippen LogP contribution in [0.25, 0.3) is 11.1 Å². The van der Waals surface area contributed by atoms with E-state index >= 15 is 0 Å². The molecule has 112 valence electrons. The smallest absolute Gasteiger partial charge is 0.298 e. The van der Waals surface area contributed by atoms with Crippen molar-refractivity contribution < 1.29 is 4.42 Å². The minimum Gasteiger partial charge on any atom is -0.423 e. The fraction of sp³-hybridized carbons (Fsp3) is 0.500. The van der Waals surface area contributed by atoms with Crippen molar-refractivity contribution in [3.05, 3.63) is 24.3 Å². The first-order valence-electron chi connectivity index (χ1n) is 6.67. The molecule has 1 aliphatic rings. The molecule has 1 atom stereocenters. The Morgan fingerprint density at radius 1 is 1.30 bits per heavy atom. The fourth-order valence-electron chi connectivity index (χ4n) is 2.71. The predicted octanol–water partition coefficient (Wildman–Crippen LogP) is 3.24. The fourth-order valence-corrected chi connectivity index (χ4v) is 2.71. The molecule has 20 heavy (non-hydrogen) atoms. The molecule has 3 rings (SSSR count). The summed E-state index contributed by atoms with van der Waals surface area (Å²) in [5, 5.41) is 0. The van der Waals surface area contributed by atoms with Crippen LogP contribution < -0.4 is 10.6 Å². The summed E-state index contributed by atoms with van der Waals surface area (Å²) in [5.74, 6) is 0.679. The lowest BCUT2D eigenvalue weighted by atomic mass is 9.95. The SMILES string of the molecule is Cl.Cl.NCCC1CCCN(c2nc3ccccc3o2)C1. The molecule has 0 bridgehead atoms. The van der Waals surface area contributed by atoms with Gasteiger partial charge in [0, 0.05) is 13.1 Å². The molecule has 4 nitrogen and oxygen atoms in total. The summed E-state index contributed by atoms with van der Waals surface area (Å²) in [5.41, 5.74) is 7.45. The molecule has 1 aromatic carbocycles. The maximum absolute atomic E-state index is 5.82. The Morgan fingerprint density at radius 2 is 2.10 bits per heavy atom. The Morgan fingerprint density at radius 3 is 2.85 bits per heavy atom. The minimum absolute atomic E-state index is 0. The number of benzene rings is 1. The maximum Gasteiger partial charge on any atom is 0.298 e. The quantitative estimate of drug-likeness (QED) is 0.944. The van der Waals surface area contributed by atoms with Crippen LogP contribution in [-0.2, 0) is 0 Å². The van der Waals surface area contributed by atoms with E-state index in [1.165, 1.54) is 12.8 Å². The molecule has 6 heteroatoms. The van der Waals surface area contributed by atoms with Crippen molar-refractivity contribution in [2.24, 2.45) is 11.7 Å². The Bertz CT molecular complexity index is 497. The van der Waals surface area contributed by atoms with Gasteiger partial charge >= 0.3 is 0 Å². The van der Waals surface area contributed by atoms with E-state index in [0.29, 0.717) is 5.92 Å². The molecule has 0 saturated carbocycles. The highest BCUT2D eigenvalue weighted by Crippen LogP contribution is 2.27. The maximum atomic E-state index is 5.82. The second-order valence-corrected chi connectivity index (χ2v) is 5.00. The topological polar surface area (TPSA) is 55.3 Å². The van der Waals surface area contributed by atoms with E-state index in [0.717, 1.165) is 43.2 Å². The van der Waals surface area contributed by atoms with Gasteiger partial charge in [-0.15, -0.1) is 24.8 Å². The first kappa shape index (κ1) is 17.1. The van der Waals surface area contributed by atoms with Crippen molar-refractivity contribution in [3.8, 4) is 0 Å². The number of rotatable bonds is 3. The number of nitrogens with zero attached hydrogens (tertiary/aromatic N) is 2. The van der Waals surface area contributed by atoms with Crippen LogP contribution in [0.1, 0.15) is 19.3 Å². The zero-order chi connectivity index (χ0) is 12.4. The number of hydrogen-bond donors (Lipinski definition) is 1. The first-order valence-corrected chi connectivity index (χ1v) is 6.67. The van der Waals surface area contributed by atoms with Crippen LogP contribution in [0.4, 0.5) is 6.01 Å². The van der Waals surface area contributed by atoms with E-state index in [1.807, 2.05) is 24.3 Å². The summed E-state index contributed by atoms with van der Waals surface area (Å²) in [6.07, 6.45) is 3.56. The molecule has 1 aliphatic heterocycles. The highest BCUT2D eigenvalue weighted by Gasteiger charge is 2.22. The number of fused-ring (bicyclic) bond motifs is 1. The van der Waals surface area contributed by atoms with Gasteiger partial charge in [0.1, 0.15) is 5.52 Å². The Kier molecular flexibility index (Phi) is 6.59. The number of anilines is 1. The van der Waals surface area contributed by atoms with Gasteiger partial charge in [0.15, 0.2) is 5.58 Å². The summed E-state index contributed by atoms with van der Waals surface area (Å²) in [7, 11) is 0. The van der Waals surface area contributed by atoms with Crippen molar-refractivity contribution in [1.82, 2.24) is 4.98 Å². The van der Waals surface area contributed by atoms with Crippen molar-refractivity contribution in [3.63, 3.8) is 0 Å². The summed E-state index contributed by atoms with van der Waals surface area (Å²) in [6, 6.07) is 8.68. The van der Waals surface area contributed by atoms with E-state index in [4.69, 9.17) is 10.2 Å². The average Bonchev–Trinajstić information content (AvgIpc) is 2.83. The second kappa shape index (κ2) is 7.72. The van der Waals surface area contributed by atoms with E-state index in [2.05, 4.69) is 9.88 Å². The van der Waals surface area contributed by atoms with E-state index in [1.54, 1.807) is 0 Å². The van der Waals surface area contributed by atoms with Gasteiger partial charge in [0.25, 0.3) is 6.01 Å². The van der Waals surface area contributed by atoms with Gasteiger partial charge < -0.3 is 15.1 Å². The third-order valence-corrected chi connectivity index (χ3v) is 3.65. The van der Waals surface area contributed by atoms with Gasteiger partial charge in [0.2, 0.25) is 0 Å². The van der Waals surface area contributed by atoms with Crippen molar-refractivity contribution in [1.29, 1.82) is 0 Å². The molecule has 0 spiro atoms.